The smallest absolute Gasteiger partial charge is 0.338 e. The van der Waals surface area contributed by atoms with E-state index in [0.717, 1.165) is 5.56 Å². The van der Waals surface area contributed by atoms with Crippen molar-refractivity contribution in [2.75, 3.05) is 11.9 Å². The number of benzene rings is 3. The molecule has 0 fully saturated rings. The number of anilines is 1. The lowest BCUT2D eigenvalue weighted by Crippen LogP contribution is -2.16. The second kappa shape index (κ2) is 9.45. The molecule has 0 saturated carbocycles. The second-order valence-electron chi connectivity index (χ2n) is 6.67. The molecule has 3 rings (SSSR count). The topological polar surface area (TPSA) is 116 Å². The van der Waals surface area contributed by atoms with Crippen molar-refractivity contribution >= 4 is 29.0 Å². The van der Waals surface area contributed by atoms with Gasteiger partial charge in [-0.05, 0) is 31.2 Å². The Kier molecular flexibility index (Phi) is 6.51. The predicted molar refractivity (Wildman–Crippen MR) is 113 cm³/mol. The molecule has 0 radical (unpaired) electrons. The Hall–Kier alpha value is -4.33. The van der Waals surface area contributed by atoms with Crippen LogP contribution in [0.3, 0.4) is 0 Å². The zero-order chi connectivity index (χ0) is 22.4. The molecule has 0 bridgehead atoms. The number of ketones is 1. The Labute approximate surface area is 177 Å². The van der Waals surface area contributed by atoms with Crippen LogP contribution >= 0.6 is 0 Å². The number of amides is 1. The molecule has 8 heteroatoms. The third kappa shape index (κ3) is 5.39. The largest absolute Gasteiger partial charge is 0.454 e. The molecule has 0 unspecified atom stereocenters. The Morgan fingerprint density at radius 1 is 0.935 bits per heavy atom. The highest BCUT2D eigenvalue weighted by Crippen LogP contribution is 2.20. The quantitative estimate of drug-likeness (QED) is 0.266. The summed E-state index contributed by atoms with van der Waals surface area (Å²) in [5, 5.41) is 13.6. The average molecular weight is 418 g/mol. The highest BCUT2D eigenvalue weighted by atomic mass is 16.6. The SMILES string of the molecule is Cc1ccc(C(=O)COC(=O)c2cccc(NC(=O)c3ccccc3[N+](=O)[O-])c2)cc1. The second-order valence-corrected chi connectivity index (χ2v) is 6.67. The first-order chi connectivity index (χ1) is 14.8. The zero-order valence-corrected chi connectivity index (χ0v) is 16.5. The molecule has 0 heterocycles. The number of Topliss-reactive ketones (excluding diaryl/α,β-unsaturated/α-hetero) is 1. The first-order valence-corrected chi connectivity index (χ1v) is 9.27. The number of hydrogen-bond donors (Lipinski definition) is 1. The van der Waals surface area contributed by atoms with Crippen LogP contribution in [0.5, 0.6) is 0 Å². The molecule has 0 spiro atoms. The van der Waals surface area contributed by atoms with E-state index in [2.05, 4.69) is 5.32 Å². The van der Waals surface area contributed by atoms with E-state index < -0.39 is 23.4 Å². The van der Waals surface area contributed by atoms with Gasteiger partial charge in [-0.25, -0.2) is 4.79 Å². The van der Waals surface area contributed by atoms with Crippen LogP contribution < -0.4 is 5.32 Å². The monoisotopic (exact) mass is 418 g/mol. The van der Waals surface area contributed by atoms with Crippen LogP contribution in [-0.2, 0) is 4.74 Å². The summed E-state index contributed by atoms with van der Waals surface area (Å²) < 4.78 is 5.08. The minimum Gasteiger partial charge on any atom is -0.454 e. The standard InChI is InChI=1S/C23H18N2O6/c1-15-9-11-16(12-10-15)21(26)14-31-23(28)17-5-4-6-18(13-17)24-22(27)19-7-2-3-8-20(19)25(29)30/h2-13H,14H2,1H3,(H,24,27). The van der Waals surface area contributed by atoms with Crippen molar-refractivity contribution in [3.63, 3.8) is 0 Å². The number of nitro benzene ring substituents is 1. The Morgan fingerprint density at radius 2 is 1.65 bits per heavy atom. The van der Waals surface area contributed by atoms with Gasteiger partial charge in [0.25, 0.3) is 11.6 Å². The van der Waals surface area contributed by atoms with Crippen molar-refractivity contribution in [1.29, 1.82) is 0 Å². The molecule has 0 aliphatic rings. The van der Waals surface area contributed by atoms with Gasteiger partial charge in [0.1, 0.15) is 5.56 Å². The number of hydrogen-bond acceptors (Lipinski definition) is 6. The fourth-order valence-electron chi connectivity index (χ4n) is 2.78. The van der Waals surface area contributed by atoms with Gasteiger partial charge in [0.15, 0.2) is 12.4 Å². The molecule has 0 aromatic heterocycles. The summed E-state index contributed by atoms with van der Waals surface area (Å²) in [4.78, 5) is 47.4. The molecule has 3 aromatic rings. The molecule has 1 N–H and O–H groups in total. The van der Waals surface area contributed by atoms with Crippen molar-refractivity contribution in [1.82, 2.24) is 0 Å². The van der Waals surface area contributed by atoms with E-state index in [1.54, 1.807) is 24.3 Å². The van der Waals surface area contributed by atoms with Gasteiger partial charge in [0.05, 0.1) is 10.5 Å². The van der Waals surface area contributed by atoms with E-state index in [9.17, 15) is 24.5 Å². The van der Waals surface area contributed by atoms with E-state index in [1.807, 2.05) is 6.92 Å². The highest BCUT2D eigenvalue weighted by molar-refractivity contribution is 6.07. The van der Waals surface area contributed by atoms with E-state index in [1.165, 1.54) is 48.5 Å². The van der Waals surface area contributed by atoms with Crippen LogP contribution in [-0.4, -0.2) is 29.2 Å². The summed E-state index contributed by atoms with van der Waals surface area (Å²) in [6.45, 7) is 1.48. The van der Waals surface area contributed by atoms with Gasteiger partial charge in [-0.15, -0.1) is 0 Å². The van der Waals surface area contributed by atoms with Crippen LogP contribution in [0, 0.1) is 17.0 Å². The van der Waals surface area contributed by atoms with Crippen LogP contribution in [0.25, 0.3) is 0 Å². The van der Waals surface area contributed by atoms with Crippen LogP contribution in [0.4, 0.5) is 11.4 Å². The lowest BCUT2D eigenvalue weighted by Gasteiger charge is -2.08. The Morgan fingerprint density at radius 3 is 2.35 bits per heavy atom. The molecule has 0 atom stereocenters. The van der Waals surface area contributed by atoms with Crippen molar-refractivity contribution in [2.24, 2.45) is 0 Å². The number of para-hydroxylation sites is 1. The maximum absolute atomic E-state index is 12.4. The molecule has 8 nitrogen and oxygen atoms in total. The maximum Gasteiger partial charge on any atom is 0.338 e. The molecular weight excluding hydrogens is 400 g/mol. The van der Waals surface area contributed by atoms with Gasteiger partial charge in [0, 0.05) is 17.3 Å². The van der Waals surface area contributed by atoms with E-state index >= 15 is 0 Å². The van der Waals surface area contributed by atoms with Crippen LogP contribution in [0.2, 0.25) is 0 Å². The van der Waals surface area contributed by atoms with Gasteiger partial charge in [-0.1, -0.05) is 48.0 Å². The summed E-state index contributed by atoms with van der Waals surface area (Å²) in [5.41, 5.74) is 1.38. The average Bonchev–Trinajstić information content (AvgIpc) is 2.77. The first-order valence-electron chi connectivity index (χ1n) is 9.27. The number of rotatable bonds is 7. The molecule has 31 heavy (non-hydrogen) atoms. The molecule has 0 saturated heterocycles. The normalized spacial score (nSPS) is 10.2. The lowest BCUT2D eigenvalue weighted by atomic mass is 10.1. The number of nitrogens with one attached hydrogen (secondary N) is 1. The van der Waals surface area contributed by atoms with Crippen molar-refractivity contribution in [2.45, 2.75) is 6.92 Å². The number of esters is 1. The summed E-state index contributed by atoms with van der Waals surface area (Å²) in [7, 11) is 0. The first kappa shape index (κ1) is 21.4. The Bertz CT molecular complexity index is 1150. The van der Waals surface area contributed by atoms with Gasteiger partial charge in [0.2, 0.25) is 0 Å². The molecule has 1 amide bonds. The molecule has 0 aliphatic heterocycles. The lowest BCUT2D eigenvalue weighted by molar-refractivity contribution is -0.385. The summed E-state index contributed by atoms with van der Waals surface area (Å²) in [5.74, 6) is -1.76. The summed E-state index contributed by atoms with van der Waals surface area (Å²) in [6.07, 6.45) is 0. The predicted octanol–water partition coefficient (Wildman–Crippen LogP) is 4.20. The number of aryl methyl sites for hydroxylation is 1. The van der Waals surface area contributed by atoms with E-state index in [0.29, 0.717) is 5.56 Å². The zero-order valence-electron chi connectivity index (χ0n) is 16.5. The number of carbonyl (C=O) groups excluding carboxylic acids is 3. The number of nitro groups is 1. The third-order valence-electron chi connectivity index (χ3n) is 4.41. The Balaban J connectivity index is 1.66. The number of nitrogens with zero attached hydrogens (tertiary/aromatic N) is 1. The molecule has 3 aromatic carbocycles. The van der Waals surface area contributed by atoms with Gasteiger partial charge < -0.3 is 10.1 Å². The molecule has 0 aliphatic carbocycles. The van der Waals surface area contributed by atoms with E-state index in [4.69, 9.17) is 4.74 Å². The van der Waals surface area contributed by atoms with Gasteiger partial charge in [-0.2, -0.15) is 0 Å². The van der Waals surface area contributed by atoms with E-state index in [-0.39, 0.29) is 28.3 Å². The number of ether oxygens (including phenoxy) is 1. The fraction of sp³-hybridized carbons (Fsp3) is 0.0870. The minimum atomic E-state index is -0.734. The van der Waals surface area contributed by atoms with Crippen molar-refractivity contribution < 1.29 is 24.0 Å². The number of carbonyl (C=O) groups is 3. The molecule has 156 valence electrons. The summed E-state index contributed by atoms with van der Waals surface area (Å²) >= 11 is 0. The maximum atomic E-state index is 12.4. The van der Waals surface area contributed by atoms with Crippen molar-refractivity contribution in [3.05, 3.63) is 105 Å². The third-order valence-corrected chi connectivity index (χ3v) is 4.41. The van der Waals surface area contributed by atoms with Crippen LogP contribution in [0.15, 0.2) is 72.8 Å². The van der Waals surface area contributed by atoms with Crippen molar-refractivity contribution in [3.8, 4) is 0 Å². The highest BCUT2D eigenvalue weighted by Gasteiger charge is 2.20. The molecular formula is C23H18N2O6. The fourth-order valence-corrected chi connectivity index (χ4v) is 2.78. The van der Waals surface area contributed by atoms with Crippen LogP contribution in [0.1, 0.15) is 36.6 Å². The van der Waals surface area contributed by atoms with Gasteiger partial charge >= 0.3 is 5.97 Å². The minimum absolute atomic E-state index is 0.107. The van der Waals surface area contributed by atoms with Gasteiger partial charge in [-0.3, -0.25) is 19.7 Å². The summed E-state index contributed by atoms with van der Waals surface area (Å²) in [6, 6.07) is 18.3.